The summed E-state index contributed by atoms with van der Waals surface area (Å²) >= 11 is 0. The molecule has 1 aromatic heterocycles. The Hall–Kier alpha value is -1.30. The van der Waals surface area contributed by atoms with Crippen LogP contribution in [-0.2, 0) is 0 Å². The summed E-state index contributed by atoms with van der Waals surface area (Å²) in [5.74, 6) is 2.01. The van der Waals surface area contributed by atoms with Crippen LogP contribution in [0.5, 0.6) is 0 Å². The molecule has 13 heavy (non-hydrogen) atoms. The number of rotatable bonds is 2. The summed E-state index contributed by atoms with van der Waals surface area (Å²) in [6, 6.07) is 0.309. The second kappa shape index (κ2) is 3.61. The second-order valence-corrected chi connectivity index (χ2v) is 3.70. The molecular weight excluding hydrogens is 162 g/mol. The molecule has 0 saturated carbocycles. The number of imidazole rings is 1. The van der Waals surface area contributed by atoms with Crippen LogP contribution in [0.4, 0.5) is 5.82 Å². The van der Waals surface area contributed by atoms with Crippen molar-refractivity contribution in [1.82, 2.24) is 9.55 Å². The molecule has 0 N–H and O–H groups in total. The van der Waals surface area contributed by atoms with E-state index in [0.29, 0.717) is 17.8 Å². The van der Waals surface area contributed by atoms with Crippen LogP contribution in [0.1, 0.15) is 45.5 Å². The van der Waals surface area contributed by atoms with Crippen LogP contribution in [0, 0.1) is 6.57 Å². The number of hydrogen-bond acceptors (Lipinski definition) is 1. The molecule has 3 heteroatoms. The van der Waals surface area contributed by atoms with Crippen molar-refractivity contribution in [2.24, 2.45) is 0 Å². The summed E-state index contributed by atoms with van der Waals surface area (Å²) < 4.78 is 2.00. The molecule has 0 aromatic carbocycles. The third-order valence-corrected chi connectivity index (χ3v) is 1.95. The van der Waals surface area contributed by atoms with E-state index in [9.17, 15) is 0 Å². The third kappa shape index (κ3) is 1.72. The first-order chi connectivity index (χ1) is 6.07. The van der Waals surface area contributed by atoms with Crippen molar-refractivity contribution in [2.75, 3.05) is 0 Å². The average molecular weight is 177 g/mol. The molecule has 0 fully saturated rings. The third-order valence-electron chi connectivity index (χ3n) is 1.95. The van der Waals surface area contributed by atoms with Gasteiger partial charge in [-0.25, -0.2) is 4.98 Å². The first kappa shape index (κ1) is 9.79. The monoisotopic (exact) mass is 177 g/mol. The van der Waals surface area contributed by atoms with E-state index in [1.807, 2.05) is 4.57 Å². The predicted octanol–water partition coefficient (Wildman–Crippen LogP) is 3.14. The molecule has 3 nitrogen and oxygen atoms in total. The Morgan fingerprint density at radius 2 is 2.00 bits per heavy atom. The molecule has 1 heterocycles. The number of hydrogen-bond donors (Lipinski definition) is 0. The molecular formula is C10H15N3. The van der Waals surface area contributed by atoms with Gasteiger partial charge in [0.05, 0.1) is 12.2 Å². The van der Waals surface area contributed by atoms with Crippen LogP contribution >= 0.6 is 0 Å². The molecule has 1 aromatic rings. The Bertz CT molecular complexity index is 328. The SMILES string of the molecule is [C-]#[N+]c1cnc(C(C)C)n1C(C)C. The van der Waals surface area contributed by atoms with Gasteiger partial charge in [0.1, 0.15) is 0 Å². The fourth-order valence-corrected chi connectivity index (χ4v) is 1.40. The summed E-state index contributed by atoms with van der Waals surface area (Å²) in [4.78, 5) is 7.70. The van der Waals surface area contributed by atoms with Gasteiger partial charge in [-0.2, -0.15) is 0 Å². The van der Waals surface area contributed by atoms with Crippen LogP contribution in [0.15, 0.2) is 6.20 Å². The fraction of sp³-hybridized carbons (Fsp3) is 0.600. The molecule has 0 radical (unpaired) electrons. The maximum absolute atomic E-state index is 7.00. The van der Waals surface area contributed by atoms with Crippen molar-refractivity contribution in [1.29, 1.82) is 0 Å². The van der Waals surface area contributed by atoms with E-state index < -0.39 is 0 Å². The lowest BCUT2D eigenvalue weighted by molar-refractivity contribution is 0.558. The van der Waals surface area contributed by atoms with Crippen molar-refractivity contribution >= 4 is 5.82 Å². The van der Waals surface area contributed by atoms with Gasteiger partial charge in [-0.05, 0) is 13.8 Å². The first-order valence-electron chi connectivity index (χ1n) is 4.52. The van der Waals surface area contributed by atoms with E-state index in [1.165, 1.54) is 0 Å². The maximum atomic E-state index is 7.00. The van der Waals surface area contributed by atoms with Crippen molar-refractivity contribution in [2.45, 2.75) is 39.7 Å². The predicted molar refractivity (Wildman–Crippen MR) is 53.0 cm³/mol. The second-order valence-electron chi connectivity index (χ2n) is 3.70. The summed E-state index contributed by atoms with van der Waals surface area (Å²) in [6.45, 7) is 15.3. The Kier molecular flexibility index (Phi) is 2.72. The quantitative estimate of drug-likeness (QED) is 0.636. The van der Waals surface area contributed by atoms with Crippen LogP contribution in [0.3, 0.4) is 0 Å². The van der Waals surface area contributed by atoms with Gasteiger partial charge in [0.25, 0.3) is 0 Å². The van der Waals surface area contributed by atoms with Crippen LogP contribution < -0.4 is 0 Å². The minimum absolute atomic E-state index is 0.309. The molecule has 70 valence electrons. The normalized spacial score (nSPS) is 10.8. The fourth-order valence-electron chi connectivity index (χ4n) is 1.40. The number of aromatic nitrogens is 2. The lowest BCUT2D eigenvalue weighted by Crippen LogP contribution is -2.07. The average Bonchev–Trinajstić information content (AvgIpc) is 2.46. The number of nitrogens with zero attached hydrogens (tertiary/aromatic N) is 3. The Morgan fingerprint density at radius 1 is 1.38 bits per heavy atom. The summed E-state index contributed by atoms with van der Waals surface area (Å²) in [7, 11) is 0. The molecule has 0 aliphatic rings. The molecule has 0 aliphatic carbocycles. The molecule has 0 amide bonds. The first-order valence-corrected chi connectivity index (χ1v) is 4.52. The van der Waals surface area contributed by atoms with Gasteiger partial charge >= 0.3 is 0 Å². The van der Waals surface area contributed by atoms with E-state index in [2.05, 4.69) is 37.5 Å². The van der Waals surface area contributed by atoms with Gasteiger partial charge in [-0.1, -0.05) is 20.4 Å². The molecule has 0 atom stereocenters. The summed E-state index contributed by atoms with van der Waals surface area (Å²) in [6.07, 6.45) is 1.66. The molecule has 0 aliphatic heterocycles. The van der Waals surface area contributed by atoms with Crippen molar-refractivity contribution in [3.8, 4) is 0 Å². The Labute approximate surface area is 79.2 Å². The zero-order chi connectivity index (χ0) is 10.0. The topological polar surface area (TPSA) is 22.2 Å². The largest absolute Gasteiger partial charge is 0.363 e. The smallest absolute Gasteiger partial charge is 0.249 e. The van der Waals surface area contributed by atoms with Gasteiger partial charge in [-0.3, -0.25) is 4.57 Å². The minimum atomic E-state index is 0.309. The zero-order valence-electron chi connectivity index (χ0n) is 8.57. The van der Waals surface area contributed by atoms with Gasteiger partial charge in [-0.15, -0.1) is 0 Å². The molecule has 0 saturated heterocycles. The van der Waals surface area contributed by atoms with Gasteiger partial charge in [0.2, 0.25) is 5.82 Å². The minimum Gasteiger partial charge on any atom is -0.363 e. The lowest BCUT2D eigenvalue weighted by Gasteiger charge is -2.11. The van der Waals surface area contributed by atoms with Gasteiger partial charge in [0, 0.05) is 5.92 Å². The van der Waals surface area contributed by atoms with Gasteiger partial charge < -0.3 is 4.85 Å². The highest BCUT2D eigenvalue weighted by atomic mass is 15.2. The van der Waals surface area contributed by atoms with Crippen molar-refractivity contribution in [3.63, 3.8) is 0 Å². The molecule has 0 bridgehead atoms. The van der Waals surface area contributed by atoms with E-state index in [0.717, 1.165) is 5.82 Å². The van der Waals surface area contributed by atoms with E-state index in [1.54, 1.807) is 6.20 Å². The maximum Gasteiger partial charge on any atom is 0.249 e. The van der Waals surface area contributed by atoms with Crippen molar-refractivity contribution in [3.05, 3.63) is 23.4 Å². The lowest BCUT2D eigenvalue weighted by atomic mass is 10.2. The highest BCUT2D eigenvalue weighted by Crippen LogP contribution is 2.25. The van der Waals surface area contributed by atoms with Gasteiger partial charge in [0.15, 0.2) is 5.82 Å². The van der Waals surface area contributed by atoms with Crippen molar-refractivity contribution < 1.29 is 0 Å². The van der Waals surface area contributed by atoms with Crippen LogP contribution in [0.2, 0.25) is 0 Å². The van der Waals surface area contributed by atoms with Crippen LogP contribution in [0.25, 0.3) is 4.85 Å². The van der Waals surface area contributed by atoms with Crippen LogP contribution in [-0.4, -0.2) is 9.55 Å². The highest BCUT2D eigenvalue weighted by molar-refractivity contribution is 5.37. The highest BCUT2D eigenvalue weighted by Gasteiger charge is 2.17. The molecule has 1 rings (SSSR count). The van der Waals surface area contributed by atoms with E-state index >= 15 is 0 Å². The molecule has 0 unspecified atom stereocenters. The van der Waals surface area contributed by atoms with E-state index in [-0.39, 0.29) is 0 Å². The standard InChI is InChI=1S/C10H15N3/c1-7(2)10-12-6-9(11-5)13(10)8(3)4/h6-8H,1-4H3. The summed E-state index contributed by atoms with van der Waals surface area (Å²) in [5.41, 5.74) is 0. The summed E-state index contributed by atoms with van der Waals surface area (Å²) in [5, 5.41) is 0. The van der Waals surface area contributed by atoms with E-state index in [4.69, 9.17) is 6.57 Å². The zero-order valence-corrected chi connectivity index (χ0v) is 8.57. The Balaban J connectivity index is 3.24. The molecule has 0 spiro atoms. The Morgan fingerprint density at radius 3 is 2.38 bits per heavy atom.